The minimum absolute atomic E-state index is 0.00460. The fourth-order valence-corrected chi connectivity index (χ4v) is 9.60. The highest BCUT2D eigenvalue weighted by Gasteiger charge is 2.37. The molecule has 2 aliphatic rings. The number of likely N-dealkylation sites (N-methyl/N-ethyl adjacent to an activating group) is 1. The summed E-state index contributed by atoms with van der Waals surface area (Å²) in [5.41, 5.74) is 17.2. The van der Waals surface area contributed by atoms with Crippen molar-refractivity contribution in [3.63, 3.8) is 0 Å². The fraction of sp³-hybridized carbons (Fsp3) is 0.776. The maximum atomic E-state index is 14.1. The van der Waals surface area contributed by atoms with Crippen molar-refractivity contribution in [1.82, 2.24) is 42.1 Å². The van der Waals surface area contributed by atoms with Gasteiger partial charge in [-0.05, 0) is 68.3 Å². The third kappa shape index (κ3) is 22.5. The van der Waals surface area contributed by atoms with Crippen LogP contribution >= 0.6 is 11.8 Å². The number of carbonyl (C=O) groups is 11. The zero-order chi connectivity index (χ0) is 55.8. The summed E-state index contributed by atoms with van der Waals surface area (Å²) in [7, 11) is 1.27. The summed E-state index contributed by atoms with van der Waals surface area (Å²) >= 11 is 1.31. The SMILES string of the molecule is CSCCC(NC(=O)C(CC(N)=O)NC(=O)C(CC(N)=O)NC(=O)C(CO)NC(=O)C(CC1CCCCC1)NC(=O)C(CC(C)C)NC(=O)C(N)CC1CCCCC1)C(=O)N(C)C(C)C(=O)NC(C(=O)O)C(C)C. The number of carbonyl (C=O) groups excluding carboxylic acids is 10. The number of aliphatic hydroxyl groups is 1. The van der Waals surface area contributed by atoms with Gasteiger partial charge in [0.05, 0.1) is 25.5 Å². The first kappa shape index (κ1) is 64.6. The van der Waals surface area contributed by atoms with Gasteiger partial charge in [-0.15, -0.1) is 0 Å². The summed E-state index contributed by atoms with van der Waals surface area (Å²) in [6.07, 6.45) is 10.4. The second kappa shape index (κ2) is 32.7. The Balaban J connectivity index is 2.32. The third-order valence-corrected chi connectivity index (χ3v) is 14.2. The Bertz CT molecular complexity index is 1930. The molecule has 2 rings (SSSR count). The minimum atomic E-state index is -1.86. The minimum Gasteiger partial charge on any atom is -0.480 e. The number of hydrogen-bond acceptors (Lipinski definition) is 14. The topological polar surface area (TPSA) is 394 Å². The van der Waals surface area contributed by atoms with Crippen molar-refractivity contribution in [2.75, 3.05) is 25.7 Å². The van der Waals surface area contributed by atoms with Crippen molar-refractivity contribution in [1.29, 1.82) is 0 Å². The normalized spacial score (nSPS) is 17.9. The molecule has 0 saturated heterocycles. The van der Waals surface area contributed by atoms with Gasteiger partial charge >= 0.3 is 5.97 Å². The second-order valence-corrected chi connectivity index (χ2v) is 21.6. The maximum absolute atomic E-state index is 14.1. The molecule has 2 saturated carbocycles. The summed E-state index contributed by atoms with van der Waals surface area (Å²) in [5.74, 6) is -10.4. The van der Waals surface area contributed by atoms with Crippen LogP contribution in [0.3, 0.4) is 0 Å². The molecule has 2 aliphatic carbocycles. The van der Waals surface area contributed by atoms with Gasteiger partial charge in [0.1, 0.15) is 48.3 Å². The van der Waals surface area contributed by atoms with E-state index in [0.29, 0.717) is 18.1 Å². The van der Waals surface area contributed by atoms with Crippen molar-refractivity contribution in [3.8, 4) is 0 Å². The van der Waals surface area contributed by atoms with Crippen LogP contribution in [0.2, 0.25) is 0 Å². The van der Waals surface area contributed by atoms with Crippen LogP contribution in [0.5, 0.6) is 0 Å². The van der Waals surface area contributed by atoms with Crippen LogP contribution in [0.4, 0.5) is 0 Å². The molecule has 0 radical (unpaired) electrons. The third-order valence-electron chi connectivity index (χ3n) is 13.6. The van der Waals surface area contributed by atoms with Gasteiger partial charge in [-0.2, -0.15) is 11.8 Å². The number of thioether (sulfide) groups is 1. The van der Waals surface area contributed by atoms with Crippen LogP contribution in [-0.4, -0.2) is 160 Å². The Hall–Kier alpha value is -5.56. The van der Waals surface area contributed by atoms with Crippen LogP contribution in [0.25, 0.3) is 0 Å². The van der Waals surface area contributed by atoms with E-state index in [9.17, 15) is 63.0 Å². The van der Waals surface area contributed by atoms with E-state index in [0.717, 1.165) is 69.1 Å². The highest BCUT2D eigenvalue weighted by molar-refractivity contribution is 7.98. The Labute approximate surface area is 438 Å². The van der Waals surface area contributed by atoms with E-state index in [-0.39, 0.29) is 31.1 Å². The first-order valence-electron chi connectivity index (χ1n) is 25.8. The van der Waals surface area contributed by atoms with Gasteiger partial charge in [0.25, 0.3) is 0 Å². The zero-order valence-electron chi connectivity index (χ0n) is 44.2. The van der Waals surface area contributed by atoms with E-state index < -0.39 is 145 Å². The number of nitrogens with one attached hydrogen (secondary N) is 7. The second-order valence-electron chi connectivity index (χ2n) is 20.6. The fourth-order valence-electron chi connectivity index (χ4n) is 9.13. The Morgan fingerprint density at radius 3 is 1.43 bits per heavy atom. The molecule has 10 amide bonds. The molecule has 0 aromatic rings. The molecule has 24 nitrogen and oxygen atoms in total. The number of primary amides is 2. The number of rotatable bonds is 32. The number of amides is 10. The van der Waals surface area contributed by atoms with E-state index in [1.54, 1.807) is 20.1 Å². The molecule has 0 aliphatic heterocycles. The standard InChI is InChI=1S/C49H85N11O13S/c1-26(2)20-33(54-42(65)31(50)21-29-14-10-8-11-15-29)43(66)55-34(22-30-16-12-9-13-17-30)44(67)58-37(25-61)47(70)57-36(24-39(52)63)46(69)56-35(23-38(51)62)45(68)53-32(18-19-74-7)48(71)60(6)28(5)41(64)59-40(27(3)4)49(72)73/h26-37,40,61H,8-25,50H2,1-7H3,(H2,51,62)(H2,52,63)(H,53,68)(H,54,65)(H,55,66)(H,56,69)(H,57,70)(H,58,67)(H,59,64)(H,72,73). The molecule has 15 N–H and O–H groups in total. The van der Waals surface area contributed by atoms with Gasteiger partial charge < -0.3 is 69.5 Å². The predicted molar refractivity (Wildman–Crippen MR) is 276 cm³/mol. The molecule has 0 bridgehead atoms. The number of hydrogen-bond donors (Lipinski definition) is 12. The summed E-state index contributed by atoms with van der Waals surface area (Å²) in [5, 5.41) is 37.4. The van der Waals surface area contributed by atoms with E-state index >= 15 is 0 Å². The number of aliphatic hydroxyl groups excluding tert-OH is 1. The Morgan fingerprint density at radius 2 is 0.986 bits per heavy atom. The van der Waals surface area contributed by atoms with Crippen LogP contribution < -0.4 is 54.4 Å². The highest BCUT2D eigenvalue weighted by atomic mass is 32.2. The van der Waals surface area contributed by atoms with Gasteiger partial charge in [0.2, 0.25) is 59.1 Å². The predicted octanol–water partition coefficient (Wildman–Crippen LogP) is -1.22. The van der Waals surface area contributed by atoms with E-state index in [1.807, 2.05) is 13.8 Å². The number of carboxylic acid groups (broad SMARTS) is 1. The van der Waals surface area contributed by atoms with Gasteiger partial charge in [-0.3, -0.25) is 47.9 Å². The van der Waals surface area contributed by atoms with Gasteiger partial charge in [0.15, 0.2) is 0 Å². The molecule has 25 heteroatoms. The number of nitrogens with zero attached hydrogens (tertiary/aromatic N) is 1. The molecule has 0 aromatic heterocycles. The van der Waals surface area contributed by atoms with Crippen molar-refractivity contribution in [2.45, 2.75) is 192 Å². The molecule has 420 valence electrons. The van der Waals surface area contributed by atoms with Gasteiger partial charge in [-0.25, -0.2) is 4.79 Å². The molecule has 74 heavy (non-hydrogen) atoms. The quantitative estimate of drug-likeness (QED) is 0.0376. The first-order chi connectivity index (χ1) is 34.8. The lowest BCUT2D eigenvalue weighted by atomic mass is 9.84. The van der Waals surface area contributed by atoms with Crippen molar-refractivity contribution in [2.24, 2.45) is 40.9 Å². The molecular weight excluding hydrogens is 983 g/mol. The smallest absolute Gasteiger partial charge is 0.326 e. The van der Waals surface area contributed by atoms with Gasteiger partial charge in [0, 0.05) is 7.05 Å². The lowest BCUT2D eigenvalue weighted by Crippen LogP contribution is -2.61. The average molecular weight is 1070 g/mol. The number of nitrogens with two attached hydrogens (primary N) is 3. The maximum Gasteiger partial charge on any atom is 0.326 e. The summed E-state index contributed by atoms with van der Waals surface area (Å²) in [4.78, 5) is 147. The Morgan fingerprint density at radius 1 is 0.568 bits per heavy atom. The largest absolute Gasteiger partial charge is 0.480 e. The van der Waals surface area contributed by atoms with Crippen molar-refractivity contribution < 1.29 is 63.0 Å². The summed E-state index contributed by atoms with van der Waals surface area (Å²) in [6, 6.07) is -12.4. The monoisotopic (exact) mass is 1070 g/mol. The lowest BCUT2D eigenvalue weighted by Gasteiger charge is -2.31. The molecule has 9 unspecified atom stereocenters. The average Bonchev–Trinajstić information content (AvgIpc) is 3.34. The number of carboxylic acids is 1. The van der Waals surface area contributed by atoms with Gasteiger partial charge in [-0.1, -0.05) is 91.9 Å². The van der Waals surface area contributed by atoms with E-state index in [1.165, 1.54) is 25.7 Å². The molecule has 2 fully saturated rings. The first-order valence-corrected chi connectivity index (χ1v) is 27.2. The van der Waals surface area contributed by atoms with Crippen molar-refractivity contribution in [3.05, 3.63) is 0 Å². The highest BCUT2D eigenvalue weighted by Crippen LogP contribution is 2.28. The summed E-state index contributed by atoms with van der Waals surface area (Å²) in [6.45, 7) is 7.25. The summed E-state index contributed by atoms with van der Waals surface area (Å²) < 4.78 is 0. The van der Waals surface area contributed by atoms with Crippen LogP contribution in [0, 0.1) is 23.7 Å². The number of aliphatic carboxylic acids is 1. The van der Waals surface area contributed by atoms with Crippen LogP contribution in [0.1, 0.15) is 137 Å². The van der Waals surface area contributed by atoms with E-state index in [4.69, 9.17) is 17.2 Å². The van der Waals surface area contributed by atoms with E-state index in [2.05, 4.69) is 37.2 Å². The molecule has 0 aromatic carbocycles. The van der Waals surface area contributed by atoms with Crippen LogP contribution in [0.15, 0.2) is 0 Å². The molecule has 9 atom stereocenters. The molecule has 0 heterocycles. The lowest BCUT2D eigenvalue weighted by molar-refractivity contribution is -0.146. The zero-order valence-corrected chi connectivity index (χ0v) is 45.0. The van der Waals surface area contributed by atoms with Crippen LogP contribution in [-0.2, 0) is 52.7 Å². The molecular formula is C49H85N11O13S. The Kier molecular flexibility index (Phi) is 28.5. The van der Waals surface area contributed by atoms with Crippen molar-refractivity contribution >= 4 is 76.8 Å². The molecule has 0 spiro atoms.